The molecule has 1 aliphatic heterocycles. The van der Waals surface area contributed by atoms with Crippen molar-refractivity contribution in [3.8, 4) is 0 Å². The third kappa shape index (κ3) is 3.93. The number of likely N-dealkylation sites (tertiary alicyclic amines) is 1. The van der Waals surface area contributed by atoms with E-state index in [1.807, 2.05) is 13.8 Å². The molecule has 0 radical (unpaired) electrons. The zero-order valence-electron chi connectivity index (χ0n) is 12.8. The lowest BCUT2D eigenvalue weighted by Crippen LogP contribution is -2.54. The van der Waals surface area contributed by atoms with Crippen molar-refractivity contribution in [3.05, 3.63) is 0 Å². The van der Waals surface area contributed by atoms with Crippen LogP contribution < -0.4 is 11.1 Å². The highest BCUT2D eigenvalue weighted by Crippen LogP contribution is 2.20. The number of hydrogen-bond donors (Lipinski definition) is 2. The highest BCUT2D eigenvalue weighted by molar-refractivity contribution is 5.89. The van der Waals surface area contributed by atoms with Crippen LogP contribution in [0.1, 0.15) is 33.1 Å². The van der Waals surface area contributed by atoms with E-state index in [2.05, 4.69) is 5.32 Å². The first kappa shape index (κ1) is 16.9. The predicted octanol–water partition coefficient (Wildman–Crippen LogP) is 0.115. The monoisotopic (exact) mass is 285 g/mol. The van der Waals surface area contributed by atoms with Crippen molar-refractivity contribution in [1.29, 1.82) is 0 Å². The van der Waals surface area contributed by atoms with Crippen LogP contribution in [0.2, 0.25) is 0 Å². The van der Waals surface area contributed by atoms with Gasteiger partial charge in [-0.05, 0) is 12.8 Å². The normalized spacial score (nSPS) is 19.5. The molecule has 0 spiro atoms. The lowest BCUT2D eigenvalue weighted by Gasteiger charge is -2.32. The molecule has 0 aromatic carbocycles. The topological polar surface area (TPSA) is 84.7 Å². The molecule has 20 heavy (non-hydrogen) atoms. The number of amides is 2. The molecular weight excluding hydrogens is 258 g/mol. The van der Waals surface area contributed by atoms with E-state index >= 15 is 0 Å². The molecule has 0 aromatic heterocycles. The molecule has 6 heteroatoms. The van der Waals surface area contributed by atoms with E-state index in [0.29, 0.717) is 26.2 Å². The van der Waals surface area contributed by atoms with E-state index in [1.165, 1.54) is 0 Å². The molecular formula is C14H27N3O3. The van der Waals surface area contributed by atoms with Gasteiger partial charge >= 0.3 is 0 Å². The number of hydrogen-bond acceptors (Lipinski definition) is 4. The number of nitrogens with two attached hydrogens (primary N) is 1. The number of carbonyl (C=O) groups excluding carboxylic acids is 2. The Kier molecular flexibility index (Phi) is 6.42. The van der Waals surface area contributed by atoms with Crippen molar-refractivity contribution in [2.24, 2.45) is 11.7 Å². The molecule has 1 fully saturated rings. The molecule has 1 heterocycles. The minimum absolute atomic E-state index is 0.0218. The molecule has 116 valence electrons. The van der Waals surface area contributed by atoms with Crippen LogP contribution in [0, 0.1) is 5.92 Å². The number of nitrogens with one attached hydrogen (secondary N) is 1. The maximum atomic E-state index is 12.3. The van der Waals surface area contributed by atoms with E-state index in [0.717, 1.165) is 12.8 Å². The molecule has 1 aliphatic rings. The van der Waals surface area contributed by atoms with E-state index in [-0.39, 0.29) is 29.7 Å². The Morgan fingerprint density at radius 2 is 2.15 bits per heavy atom. The molecule has 1 atom stereocenters. The first-order chi connectivity index (χ1) is 9.51. The van der Waals surface area contributed by atoms with Gasteiger partial charge in [-0.25, -0.2) is 0 Å². The van der Waals surface area contributed by atoms with Crippen molar-refractivity contribution in [2.75, 3.05) is 33.4 Å². The molecule has 0 bridgehead atoms. The molecule has 2 amide bonds. The van der Waals surface area contributed by atoms with Crippen molar-refractivity contribution in [2.45, 2.75) is 38.6 Å². The molecule has 1 saturated heterocycles. The van der Waals surface area contributed by atoms with Gasteiger partial charge in [0.25, 0.3) is 0 Å². The lowest BCUT2D eigenvalue weighted by atomic mass is 9.91. The summed E-state index contributed by atoms with van der Waals surface area (Å²) in [6, 6.07) is 0. The van der Waals surface area contributed by atoms with Gasteiger partial charge in [0.1, 0.15) is 0 Å². The fraction of sp³-hybridized carbons (Fsp3) is 0.857. The van der Waals surface area contributed by atoms with E-state index in [9.17, 15) is 9.59 Å². The maximum Gasteiger partial charge on any atom is 0.225 e. The number of ether oxygens (including phenoxy) is 1. The summed E-state index contributed by atoms with van der Waals surface area (Å²) in [6.45, 7) is 5.96. The third-order valence-electron chi connectivity index (χ3n) is 4.28. The largest absolute Gasteiger partial charge is 0.383 e. The smallest absolute Gasteiger partial charge is 0.225 e. The summed E-state index contributed by atoms with van der Waals surface area (Å²) in [5, 5.41) is 3.04. The Balaban J connectivity index is 2.59. The van der Waals surface area contributed by atoms with Gasteiger partial charge in [0.15, 0.2) is 0 Å². The predicted molar refractivity (Wildman–Crippen MR) is 77.1 cm³/mol. The minimum atomic E-state index is -0.347. The molecule has 0 aliphatic carbocycles. The van der Waals surface area contributed by atoms with Crippen LogP contribution in [0.25, 0.3) is 0 Å². The molecule has 3 N–H and O–H groups in total. The first-order valence-electron chi connectivity index (χ1n) is 7.30. The number of nitrogens with zero attached hydrogens (tertiary/aromatic N) is 1. The van der Waals surface area contributed by atoms with Gasteiger partial charge in [-0.15, -0.1) is 0 Å². The number of rotatable bonds is 8. The fourth-order valence-electron chi connectivity index (χ4n) is 2.50. The number of methoxy groups -OCH3 is 1. The molecule has 0 saturated carbocycles. The van der Waals surface area contributed by atoms with Crippen LogP contribution >= 0.6 is 0 Å². The maximum absolute atomic E-state index is 12.3. The summed E-state index contributed by atoms with van der Waals surface area (Å²) in [5.74, 6) is -0.315. The van der Waals surface area contributed by atoms with Crippen molar-refractivity contribution < 1.29 is 14.3 Å². The first-order valence-corrected chi connectivity index (χ1v) is 7.30. The van der Waals surface area contributed by atoms with Gasteiger partial charge in [-0.2, -0.15) is 0 Å². The Bertz CT molecular complexity index is 334. The molecule has 0 aromatic rings. The molecule has 1 unspecified atom stereocenters. The van der Waals surface area contributed by atoms with Crippen LogP contribution in [0.4, 0.5) is 0 Å². The summed E-state index contributed by atoms with van der Waals surface area (Å²) in [4.78, 5) is 25.9. The van der Waals surface area contributed by atoms with Gasteiger partial charge < -0.3 is 20.7 Å². The van der Waals surface area contributed by atoms with Gasteiger partial charge in [0.2, 0.25) is 11.8 Å². The van der Waals surface area contributed by atoms with E-state index in [1.54, 1.807) is 12.0 Å². The lowest BCUT2D eigenvalue weighted by molar-refractivity contribution is -0.129. The summed E-state index contributed by atoms with van der Waals surface area (Å²) in [7, 11) is 1.60. The summed E-state index contributed by atoms with van der Waals surface area (Å²) < 4.78 is 4.97. The Labute approximate surface area is 121 Å². The second kappa shape index (κ2) is 7.59. The standard InChI is InChI=1S/C14H27N3O3/c1-4-14(5-2,10-15)16-13(19)11-8-12(18)17(9-11)6-7-20-3/h11H,4-10,15H2,1-3H3,(H,16,19). The fourth-order valence-corrected chi connectivity index (χ4v) is 2.50. The highest BCUT2D eigenvalue weighted by atomic mass is 16.5. The summed E-state index contributed by atoms with van der Waals surface area (Å²) in [5.41, 5.74) is 5.44. The van der Waals surface area contributed by atoms with Crippen LogP contribution in [0.5, 0.6) is 0 Å². The highest BCUT2D eigenvalue weighted by Gasteiger charge is 2.37. The van der Waals surface area contributed by atoms with E-state index in [4.69, 9.17) is 10.5 Å². The van der Waals surface area contributed by atoms with Crippen molar-refractivity contribution in [3.63, 3.8) is 0 Å². The zero-order valence-corrected chi connectivity index (χ0v) is 12.8. The second-order valence-electron chi connectivity index (χ2n) is 5.41. The zero-order chi connectivity index (χ0) is 15.2. The third-order valence-corrected chi connectivity index (χ3v) is 4.28. The van der Waals surface area contributed by atoms with Crippen LogP contribution in [0.3, 0.4) is 0 Å². The number of carbonyl (C=O) groups is 2. The average Bonchev–Trinajstić information content (AvgIpc) is 2.84. The van der Waals surface area contributed by atoms with Gasteiger partial charge in [0, 0.05) is 33.2 Å². The van der Waals surface area contributed by atoms with Crippen molar-refractivity contribution in [1.82, 2.24) is 10.2 Å². The van der Waals surface area contributed by atoms with Gasteiger partial charge in [-0.1, -0.05) is 13.8 Å². The van der Waals surface area contributed by atoms with Gasteiger partial charge in [-0.3, -0.25) is 9.59 Å². The second-order valence-corrected chi connectivity index (χ2v) is 5.41. The van der Waals surface area contributed by atoms with Gasteiger partial charge in [0.05, 0.1) is 18.1 Å². The SMILES string of the molecule is CCC(CC)(CN)NC(=O)C1CC(=O)N(CCOC)C1. The van der Waals surface area contributed by atoms with Crippen molar-refractivity contribution >= 4 is 11.8 Å². The quantitative estimate of drug-likeness (QED) is 0.663. The molecule has 1 rings (SSSR count). The van der Waals surface area contributed by atoms with Crippen LogP contribution in [-0.4, -0.2) is 55.6 Å². The Hall–Kier alpha value is -1.14. The Morgan fingerprint density at radius 3 is 2.65 bits per heavy atom. The summed E-state index contributed by atoms with van der Waals surface area (Å²) in [6.07, 6.45) is 1.86. The van der Waals surface area contributed by atoms with Crippen LogP contribution in [-0.2, 0) is 14.3 Å². The summed E-state index contributed by atoms with van der Waals surface area (Å²) >= 11 is 0. The van der Waals surface area contributed by atoms with Crippen LogP contribution in [0.15, 0.2) is 0 Å². The van der Waals surface area contributed by atoms with E-state index < -0.39 is 0 Å². The molecule has 6 nitrogen and oxygen atoms in total. The minimum Gasteiger partial charge on any atom is -0.383 e. The average molecular weight is 285 g/mol. The Morgan fingerprint density at radius 1 is 1.50 bits per heavy atom.